The predicted octanol–water partition coefficient (Wildman–Crippen LogP) is 4.92. The summed E-state index contributed by atoms with van der Waals surface area (Å²) in [6, 6.07) is 20.4. The number of esters is 3. The summed E-state index contributed by atoms with van der Waals surface area (Å²) in [6.07, 6.45) is 4.56. The van der Waals surface area contributed by atoms with Gasteiger partial charge in [0.05, 0.1) is 16.7 Å². The summed E-state index contributed by atoms with van der Waals surface area (Å²) in [7, 11) is 0. The average molecular weight is 561 g/mol. The Balaban J connectivity index is 1.58. The van der Waals surface area contributed by atoms with Crippen LogP contribution in [0.25, 0.3) is 0 Å². The van der Waals surface area contributed by atoms with Gasteiger partial charge in [0.15, 0.2) is 11.5 Å². The third-order valence-corrected chi connectivity index (χ3v) is 5.29. The number of hydrogen-bond acceptors (Lipinski definition) is 12. The van der Waals surface area contributed by atoms with Crippen LogP contribution in [0.3, 0.4) is 0 Å². The molecule has 0 aliphatic carbocycles. The zero-order valence-electron chi connectivity index (χ0n) is 21.2. The number of hydrogen-bond donors (Lipinski definition) is 0. The Labute approximate surface area is 237 Å². The van der Waals surface area contributed by atoms with Crippen LogP contribution in [0, 0.1) is 34.6 Å². The van der Waals surface area contributed by atoms with Gasteiger partial charge in [-0.05, 0) is 84.9 Å². The molecule has 0 fully saturated rings. The van der Waals surface area contributed by atoms with E-state index in [1.165, 1.54) is 110 Å². The van der Waals surface area contributed by atoms with Crippen molar-refractivity contribution < 1.29 is 42.8 Å². The molecule has 4 rings (SSSR count). The van der Waals surface area contributed by atoms with Crippen molar-refractivity contribution in [3.05, 3.63) is 108 Å². The van der Waals surface area contributed by atoms with Crippen LogP contribution in [0.4, 0.5) is 0 Å². The fraction of sp³-hybridized carbons (Fsp3) is 0. The molecule has 12 nitrogen and oxygen atoms in total. The van der Waals surface area contributed by atoms with Crippen molar-refractivity contribution in [3.8, 4) is 53.3 Å². The van der Waals surface area contributed by atoms with Crippen molar-refractivity contribution in [2.24, 2.45) is 0 Å². The van der Waals surface area contributed by atoms with Gasteiger partial charge >= 0.3 is 17.9 Å². The molecule has 12 heteroatoms. The van der Waals surface area contributed by atoms with Crippen LogP contribution < -0.4 is 28.4 Å². The molecule has 0 atom stereocenters. The lowest BCUT2D eigenvalue weighted by Gasteiger charge is -2.13. The van der Waals surface area contributed by atoms with Gasteiger partial charge in [0.25, 0.3) is 18.8 Å². The molecule has 4 aromatic carbocycles. The van der Waals surface area contributed by atoms with Crippen LogP contribution in [0.5, 0.6) is 34.5 Å². The lowest BCUT2D eigenvalue weighted by molar-refractivity contribution is 0.0679. The van der Waals surface area contributed by atoms with E-state index < -0.39 is 17.9 Å². The van der Waals surface area contributed by atoms with Gasteiger partial charge in [0.2, 0.25) is 0 Å². The van der Waals surface area contributed by atoms with Crippen LogP contribution in [0.2, 0.25) is 0 Å². The molecule has 204 valence electrons. The largest absolute Gasteiger partial charge is 0.423 e. The minimum Gasteiger partial charge on any atom is -0.423 e. The van der Waals surface area contributed by atoms with Crippen molar-refractivity contribution in [2.75, 3.05) is 0 Å². The predicted molar refractivity (Wildman–Crippen MR) is 139 cm³/mol. The third kappa shape index (κ3) is 7.17. The van der Waals surface area contributed by atoms with E-state index in [9.17, 15) is 14.4 Å². The molecule has 0 saturated carbocycles. The summed E-state index contributed by atoms with van der Waals surface area (Å²) in [5.41, 5.74) is 0.315. The van der Waals surface area contributed by atoms with E-state index in [1.807, 2.05) is 0 Å². The van der Waals surface area contributed by atoms with Crippen LogP contribution in [0.15, 0.2) is 91.0 Å². The highest BCUT2D eigenvalue weighted by molar-refractivity contribution is 5.94. The van der Waals surface area contributed by atoms with E-state index in [4.69, 9.17) is 34.7 Å². The van der Waals surface area contributed by atoms with Crippen LogP contribution in [-0.4, -0.2) is 17.9 Å². The lowest BCUT2D eigenvalue weighted by atomic mass is 10.2. The molecular formula is C30H15N3O9. The molecule has 0 spiro atoms. The first-order chi connectivity index (χ1) is 20.4. The average Bonchev–Trinajstić information content (AvgIpc) is 3.00. The Morgan fingerprint density at radius 3 is 1.14 bits per heavy atom. The van der Waals surface area contributed by atoms with Gasteiger partial charge in [0, 0.05) is 6.07 Å². The van der Waals surface area contributed by atoms with E-state index in [0.29, 0.717) is 0 Å². The van der Waals surface area contributed by atoms with E-state index in [2.05, 4.69) is 9.47 Å². The summed E-state index contributed by atoms with van der Waals surface area (Å²) in [6.45, 7) is 0. The maximum atomic E-state index is 12.9. The van der Waals surface area contributed by atoms with E-state index >= 15 is 0 Å². The maximum absolute atomic E-state index is 12.9. The normalized spacial score (nSPS) is 9.64. The third-order valence-electron chi connectivity index (χ3n) is 5.29. The molecule has 0 N–H and O–H groups in total. The van der Waals surface area contributed by atoms with Gasteiger partial charge < -0.3 is 28.4 Å². The summed E-state index contributed by atoms with van der Waals surface area (Å²) >= 11 is 0. The molecule has 4 aromatic rings. The number of benzene rings is 4. The Morgan fingerprint density at radius 1 is 0.429 bits per heavy atom. The van der Waals surface area contributed by atoms with Crippen molar-refractivity contribution in [1.29, 1.82) is 15.8 Å². The number of nitriles is 3. The van der Waals surface area contributed by atoms with Gasteiger partial charge in [-0.15, -0.1) is 15.8 Å². The Bertz CT molecular complexity index is 1750. The molecule has 42 heavy (non-hydrogen) atoms. The minimum absolute atomic E-state index is 0.0456. The number of carbonyl (C=O) groups excluding carboxylic acids is 3. The van der Waals surface area contributed by atoms with Crippen LogP contribution in [0.1, 0.15) is 31.1 Å². The van der Waals surface area contributed by atoms with E-state index in [-0.39, 0.29) is 51.2 Å². The number of carbonyl (C=O) groups is 3. The molecule has 0 aliphatic rings. The molecule has 0 saturated heterocycles. The number of nitrogens with zero attached hydrogens (tertiary/aromatic N) is 3. The second kappa shape index (κ2) is 13.3. The zero-order valence-corrected chi connectivity index (χ0v) is 21.2. The van der Waals surface area contributed by atoms with E-state index in [1.54, 1.807) is 0 Å². The fourth-order valence-electron chi connectivity index (χ4n) is 3.33. The van der Waals surface area contributed by atoms with Gasteiger partial charge in [0.1, 0.15) is 23.0 Å². The van der Waals surface area contributed by atoms with Gasteiger partial charge in [-0.25, -0.2) is 14.4 Å². The molecule has 0 radical (unpaired) electrons. The highest BCUT2D eigenvalue weighted by atomic mass is 16.6. The van der Waals surface area contributed by atoms with Crippen molar-refractivity contribution in [2.45, 2.75) is 0 Å². The first-order valence-electron chi connectivity index (χ1n) is 11.7. The minimum atomic E-state index is -0.856. The Morgan fingerprint density at radius 2 is 0.762 bits per heavy atom. The van der Waals surface area contributed by atoms with Crippen molar-refractivity contribution >= 4 is 17.9 Å². The van der Waals surface area contributed by atoms with Gasteiger partial charge in [-0.2, -0.15) is 0 Å². The SMILES string of the molecule is N#COc1ccc(C(=O)Oc2ccc(OC(=O)c3ccc(OC#N)cc3)c(OC(=O)c3ccc(OC#N)cc3)c2)cc1. The topological polar surface area (TPSA) is 178 Å². The second-order valence-corrected chi connectivity index (χ2v) is 7.93. The first-order valence-corrected chi connectivity index (χ1v) is 11.7. The molecule has 0 unspecified atom stereocenters. The standard InChI is InChI=1S/C30H15N3O9/c31-16-37-22-7-1-19(2-8-22)28(34)40-25-13-14-26(41-29(35)20-3-9-23(10-4-20)38-17-32)27(15-25)42-30(36)21-5-11-24(12-6-21)39-18-33/h1-15H. The smallest absolute Gasteiger partial charge is 0.343 e. The molecular weight excluding hydrogens is 546 g/mol. The summed E-state index contributed by atoms with van der Waals surface area (Å²) in [4.78, 5) is 38.3. The fourth-order valence-corrected chi connectivity index (χ4v) is 3.33. The monoisotopic (exact) mass is 561 g/mol. The number of rotatable bonds is 9. The summed E-state index contributed by atoms with van der Waals surface area (Å²) in [5.74, 6) is -2.27. The number of ether oxygens (including phenoxy) is 6. The quantitative estimate of drug-likeness (QED) is 0.153. The molecule has 0 bridgehead atoms. The lowest BCUT2D eigenvalue weighted by Crippen LogP contribution is -2.13. The van der Waals surface area contributed by atoms with Gasteiger partial charge in [-0.1, -0.05) is 0 Å². The second-order valence-electron chi connectivity index (χ2n) is 7.93. The molecule has 0 heterocycles. The molecule has 0 amide bonds. The Kier molecular flexibility index (Phi) is 8.92. The van der Waals surface area contributed by atoms with Crippen LogP contribution in [-0.2, 0) is 0 Å². The summed E-state index contributed by atoms with van der Waals surface area (Å²) in [5, 5.41) is 25.8. The zero-order chi connectivity index (χ0) is 29.9. The highest BCUT2D eigenvalue weighted by Crippen LogP contribution is 2.34. The first kappa shape index (κ1) is 28.2. The van der Waals surface area contributed by atoms with Crippen molar-refractivity contribution in [3.63, 3.8) is 0 Å². The van der Waals surface area contributed by atoms with E-state index in [0.717, 1.165) is 0 Å². The molecule has 0 aliphatic heterocycles. The van der Waals surface area contributed by atoms with Crippen molar-refractivity contribution in [1.82, 2.24) is 0 Å². The summed E-state index contributed by atoms with van der Waals surface area (Å²) < 4.78 is 30.4. The molecule has 0 aromatic heterocycles. The Hall–Kier alpha value is -6.84. The van der Waals surface area contributed by atoms with Gasteiger partial charge in [-0.3, -0.25) is 0 Å². The highest BCUT2D eigenvalue weighted by Gasteiger charge is 2.19. The van der Waals surface area contributed by atoms with Crippen LogP contribution >= 0.6 is 0 Å². The maximum Gasteiger partial charge on any atom is 0.343 e.